The Morgan fingerprint density at radius 3 is 1.91 bits per heavy atom. The van der Waals surface area contributed by atoms with Crippen molar-refractivity contribution in [2.45, 2.75) is 27.7 Å². The molecule has 0 spiro atoms. The minimum atomic E-state index is -0.160. The molecule has 0 aliphatic heterocycles. The molecule has 3 N–H and O–H groups in total. The topological polar surface area (TPSA) is 55.5 Å². The summed E-state index contributed by atoms with van der Waals surface area (Å²) in [6.07, 6.45) is 0. The zero-order valence-corrected chi connectivity index (χ0v) is 7.85. The Morgan fingerprint density at radius 2 is 1.64 bits per heavy atom. The molecular formula is C8H19NO2. The third-order valence-corrected chi connectivity index (χ3v) is 2.67. The lowest BCUT2D eigenvalue weighted by atomic mass is 9.69. The second kappa shape index (κ2) is 3.52. The minimum absolute atomic E-state index is 0.101. The fourth-order valence-electron chi connectivity index (χ4n) is 0.618. The molecule has 11 heavy (non-hydrogen) atoms. The molecule has 0 bridgehead atoms. The lowest BCUT2D eigenvalue weighted by molar-refractivity contribution is -0.0364. The highest BCUT2D eigenvalue weighted by atomic mass is 16.6. The highest BCUT2D eigenvalue weighted by Gasteiger charge is 2.36. The molecule has 0 amide bonds. The van der Waals surface area contributed by atoms with Crippen LogP contribution in [0.4, 0.5) is 0 Å². The van der Waals surface area contributed by atoms with Gasteiger partial charge in [-0.05, 0) is 10.8 Å². The van der Waals surface area contributed by atoms with Gasteiger partial charge in [-0.25, -0.2) is 5.90 Å². The molecule has 0 fully saturated rings. The number of hydrogen-bond donors (Lipinski definition) is 2. The summed E-state index contributed by atoms with van der Waals surface area (Å²) in [5, 5.41) is 9.06. The molecule has 0 aromatic heterocycles. The summed E-state index contributed by atoms with van der Waals surface area (Å²) in [6.45, 7) is 8.63. The van der Waals surface area contributed by atoms with Crippen LogP contribution in [0.3, 0.4) is 0 Å². The van der Waals surface area contributed by atoms with E-state index in [1.807, 2.05) is 27.7 Å². The van der Waals surface area contributed by atoms with Gasteiger partial charge < -0.3 is 9.94 Å². The van der Waals surface area contributed by atoms with Crippen LogP contribution in [0.2, 0.25) is 0 Å². The maximum atomic E-state index is 9.06. The van der Waals surface area contributed by atoms with Crippen LogP contribution in [0.25, 0.3) is 0 Å². The van der Waals surface area contributed by atoms with E-state index in [0.717, 1.165) is 0 Å². The van der Waals surface area contributed by atoms with E-state index in [0.29, 0.717) is 6.61 Å². The van der Waals surface area contributed by atoms with Gasteiger partial charge in [0.15, 0.2) is 0 Å². The van der Waals surface area contributed by atoms with Gasteiger partial charge in [-0.15, -0.1) is 0 Å². The molecule has 0 heterocycles. The molecule has 3 nitrogen and oxygen atoms in total. The normalized spacial score (nSPS) is 13.6. The van der Waals surface area contributed by atoms with Gasteiger partial charge >= 0.3 is 0 Å². The summed E-state index contributed by atoms with van der Waals surface area (Å²) < 4.78 is 0. The molecule has 0 rings (SSSR count). The monoisotopic (exact) mass is 161 g/mol. The first-order valence-electron chi connectivity index (χ1n) is 3.80. The molecule has 3 heteroatoms. The summed E-state index contributed by atoms with van der Waals surface area (Å²) in [7, 11) is 0. The molecule has 0 aromatic rings. The van der Waals surface area contributed by atoms with Crippen molar-refractivity contribution in [3.8, 4) is 0 Å². The first-order chi connectivity index (χ1) is 4.87. The van der Waals surface area contributed by atoms with Gasteiger partial charge in [-0.2, -0.15) is 0 Å². The quantitative estimate of drug-likeness (QED) is 0.603. The van der Waals surface area contributed by atoms with E-state index in [1.165, 1.54) is 0 Å². The largest absolute Gasteiger partial charge is 0.396 e. The molecule has 0 radical (unpaired) electrons. The second-order valence-corrected chi connectivity index (χ2v) is 4.24. The third-order valence-electron chi connectivity index (χ3n) is 2.67. The van der Waals surface area contributed by atoms with E-state index >= 15 is 0 Å². The van der Waals surface area contributed by atoms with Crippen LogP contribution in [0.15, 0.2) is 0 Å². The lowest BCUT2D eigenvalue weighted by Crippen LogP contribution is -2.40. The van der Waals surface area contributed by atoms with Crippen molar-refractivity contribution in [1.29, 1.82) is 0 Å². The van der Waals surface area contributed by atoms with Gasteiger partial charge in [-0.3, -0.25) is 0 Å². The fourth-order valence-corrected chi connectivity index (χ4v) is 0.618. The Morgan fingerprint density at radius 1 is 1.18 bits per heavy atom. The van der Waals surface area contributed by atoms with Crippen molar-refractivity contribution in [2.24, 2.45) is 16.7 Å². The van der Waals surface area contributed by atoms with Gasteiger partial charge in [0.2, 0.25) is 0 Å². The number of aliphatic hydroxyl groups is 1. The maximum Gasteiger partial charge on any atom is 0.0736 e. The minimum Gasteiger partial charge on any atom is -0.396 e. The molecule has 0 atom stereocenters. The second-order valence-electron chi connectivity index (χ2n) is 4.24. The summed E-state index contributed by atoms with van der Waals surface area (Å²) in [6, 6.07) is 0. The average Bonchev–Trinajstić information content (AvgIpc) is 1.87. The van der Waals surface area contributed by atoms with Crippen LogP contribution in [0.1, 0.15) is 27.7 Å². The van der Waals surface area contributed by atoms with Crippen LogP contribution < -0.4 is 5.90 Å². The van der Waals surface area contributed by atoms with Crippen LogP contribution in [-0.4, -0.2) is 18.3 Å². The first-order valence-corrected chi connectivity index (χ1v) is 3.80. The molecule has 0 aliphatic carbocycles. The maximum absolute atomic E-state index is 9.06. The predicted octanol–water partition coefficient (Wildman–Crippen LogP) is 0.921. The van der Waals surface area contributed by atoms with E-state index < -0.39 is 0 Å². The zero-order valence-electron chi connectivity index (χ0n) is 7.85. The Bertz CT molecular complexity index is 121. The number of nitrogens with two attached hydrogens (primary N) is 1. The van der Waals surface area contributed by atoms with Gasteiger partial charge in [0.25, 0.3) is 0 Å². The number of rotatable bonds is 4. The molecular weight excluding hydrogens is 142 g/mol. The van der Waals surface area contributed by atoms with E-state index in [4.69, 9.17) is 11.0 Å². The van der Waals surface area contributed by atoms with Crippen molar-refractivity contribution >= 4 is 0 Å². The van der Waals surface area contributed by atoms with Crippen LogP contribution in [-0.2, 0) is 4.84 Å². The number of aliphatic hydroxyl groups excluding tert-OH is 1. The van der Waals surface area contributed by atoms with Gasteiger partial charge in [0, 0.05) is 6.61 Å². The van der Waals surface area contributed by atoms with Crippen molar-refractivity contribution in [1.82, 2.24) is 0 Å². The molecule has 0 saturated heterocycles. The van der Waals surface area contributed by atoms with Gasteiger partial charge in [0.05, 0.1) is 6.61 Å². The van der Waals surface area contributed by atoms with Crippen LogP contribution >= 0.6 is 0 Å². The Labute approximate surface area is 68.5 Å². The number of hydrogen-bond acceptors (Lipinski definition) is 3. The smallest absolute Gasteiger partial charge is 0.0736 e. The molecule has 0 aromatic carbocycles. The Hall–Kier alpha value is -0.120. The van der Waals surface area contributed by atoms with E-state index in [-0.39, 0.29) is 17.4 Å². The Kier molecular flexibility index (Phi) is 3.48. The van der Waals surface area contributed by atoms with Crippen molar-refractivity contribution < 1.29 is 9.94 Å². The highest BCUT2D eigenvalue weighted by Crippen LogP contribution is 2.37. The lowest BCUT2D eigenvalue weighted by Gasteiger charge is -2.39. The van der Waals surface area contributed by atoms with Crippen molar-refractivity contribution in [2.75, 3.05) is 13.2 Å². The van der Waals surface area contributed by atoms with Crippen molar-refractivity contribution in [3.05, 3.63) is 0 Å². The van der Waals surface area contributed by atoms with Crippen molar-refractivity contribution in [3.63, 3.8) is 0 Å². The summed E-state index contributed by atoms with van der Waals surface area (Å²) in [5.41, 5.74) is -0.261. The van der Waals surface area contributed by atoms with Crippen LogP contribution in [0.5, 0.6) is 0 Å². The Balaban J connectivity index is 4.26. The van der Waals surface area contributed by atoms with Gasteiger partial charge in [0.1, 0.15) is 0 Å². The molecule has 68 valence electrons. The predicted molar refractivity (Wildman–Crippen MR) is 44.8 cm³/mol. The van der Waals surface area contributed by atoms with E-state index in [2.05, 4.69) is 4.84 Å². The zero-order chi connectivity index (χ0) is 9.12. The molecule has 0 saturated carbocycles. The average molecular weight is 161 g/mol. The van der Waals surface area contributed by atoms with Crippen LogP contribution in [0, 0.1) is 10.8 Å². The summed E-state index contributed by atoms with van der Waals surface area (Å²) in [5.74, 6) is 4.98. The first kappa shape index (κ1) is 10.9. The summed E-state index contributed by atoms with van der Waals surface area (Å²) >= 11 is 0. The fraction of sp³-hybridized carbons (Fsp3) is 1.00. The highest BCUT2D eigenvalue weighted by molar-refractivity contribution is 4.84. The molecule has 0 aliphatic rings. The summed E-state index contributed by atoms with van der Waals surface area (Å²) in [4.78, 5) is 4.58. The van der Waals surface area contributed by atoms with E-state index in [1.54, 1.807) is 0 Å². The SMILES string of the molecule is CC(C)(CO)C(C)(C)CON. The van der Waals surface area contributed by atoms with Gasteiger partial charge in [-0.1, -0.05) is 27.7 Å². The van der Waals surface area contributed by atoms with E-state index in [9.17, 15) is 0 Å². The standard InChI is InChI=1S/C8H19NO2/c1-7(2,5-10)8(3,4)6-11-9/h10H,5-6,9H2,1-4H3. The third kappa shape index (κ3) is 2.43. The molecule has 0 unspecified atom stereocenters.